The van der Waals surface area contributed by atoms with Crippen molar-refractivity contribution in [2.75, 3.05) is 30.9 Å². The summed E-state index contributed by atoms with van der Waals surface area (Å²) < 4.78 is 2.04. The summed E-state index contributed by atoms with van der Waals surface area (Å²) in [6, 6.07) is 4.31. The van der Waals surface area contributed by atoms with Crippen molar-refractivity contribution < 1.29 is 0 Å². The molecular formula is C15H24N6. The Bertz CT molecular complexity index is 617. The monoisotopic (exact) mass is 288 g/mol. The number of nitrogens with one attached hydrogen (secondary N) is 1. The van der Waals surface area contributed by atoms with E-state index in [0.29, 0.717) is 0 Å². The second-order valence-electron chi connectivity index (χ2n) is 5.69. The van der Waals surface area contributed by atoms with Crippen LogP contribution in [0.1, 0.15) is 30.0 Å². The van der Waals surface area contributed by atoms with Gasteiger partial charge >= 0.3 is 0 Å². The minimum absolute atomic E-state index is 0.261. The number of rotatable bonds is 5. The second-order valence-corrected chi connectivity index (χ2v) is 5.69. The van der Waals surface area contributed by atoms with E-state index < -0.39 is 0 Å². The highest BCUT2D eigenvalue weighted by Gasteiger charge is 2.10. The Balaban J connectivity index is 2.07. The van der Waals surface area contributed by atoms with Crippen LogP contribution >= 0.6 is 0 Å². The molecule has 0 aliphatic carbocycles. The van der Waals surface area contributed by atoms with Gasteiger partial charge in [-0.1, -0.05) is 0 Å². The Morgan fingerprint density at radius 2 is 1.86 bits per heavy atom. The van der Waals surface area contributed by atoms with E-state index in [9.17, 15) is 0 Å². The van der Waals surface area contributed by atoms with Gasteiger partial charge in [0.2, 0.25) is 5.95 Å². The summed E-state index contributed by atoms with van der Waals surface area (Å²) in [5.41, 5.74) is 3.18. The topological polar surface area (TPSA) is 58.9 Å². The molecule has 0 radical (unpaired) electrons. The Hall–Kier alpha value is -2.11. The average molecular weight is 288 g/mol. The van der Waals surface area contributed by atoms with Gasteiger partial charge in [0.15, 0.2) is 0 Å². The fraction of sp³-hybridized carbons (Fsp3) is 0.533. The average Bonchev–Trinajstić information content (AvgIpc) is 2.74. The third-order valence-electron chi connectivity index (χ3n) is 3.28. The molecule has 2 aromatic rings. The lowest BCUT2D eigenvalue weighted by Crippen LogP contribution is -2.20. The molecule has 0 aliphatic heterocycles. The van der Waals surface area contributed by atoms with Crippen molar-refractivity contribution in [3.8, 4) is 0 Å². The molecule has 2 aromatic heterocycles. The van der Waals surface area contributed by atoms with Gasteiger partial charge in [-0.15, -0.1) is 0 Å². The van der Waals surface area contributed by atoms with Gasteiger partial charge in [-0.3, -0.25) is 4.68 Å². The lowest BCUT2D eigenvalue weighted by molar-refractivity contribution is 0.497. The molecule has 0 fully saturated rings. The van der Waals surface area contributed by atoms with Crippen LogP contribution in [0.4, 0.5) is 11.8 Å². The Morgan fingerprint density at radius 1 is 1.14 bits per heavy atom. The molecule has 0 saturated carbocycles. The first-order valence-corrected chi connectivity index (χ1v) is 7.16. The molecule has 0 amide bonds. The predicted molar refractivity (Wildman–Crippen MR) is 86.0 cm³/mol. The molecule has 0 aliphatic rings. The summed E-state index contributed by atoms with van der Waals surface area (Å²) in [7, 11) is 3.88. The first-order chi connectivity index (χ1) is 9.86. The van der Waals surface area contributed by atoms with Crippen LogP contribution in [0.15, 0.2) is 12.1 Å². The SMILES string of the molecule is Cc1cc(NC[C@@H](C)n2nc(C)cc2C)nc(N(C)C)n1. The highest BCUT2D eigenvalue weighted by atomic mass is 15.3. The zero-order chi connectivity index (χ0) is 15.6. The number of hydrogen-bond donors (Lipinski definition) is 1. The van der Waals surface area contributed by atoms with Crippen molar-refractivity contribution in [3.63, 3.8) is 0 Å². The third kappa shape index (κ3) is 3.71. The van der Waals surface area contributed by atoms with Crippen molar-refractivity contribution in [1.82, 2.24) is 19.7 Å². The molecule has 6 nitrogen and oxygen atoms in total. The molecule has 0 aromatic carbocycles. The van der Waals surface area contributed by atoms with Crippen molar-refractivity contribution in [1.29, 1.82) is 0 Å². The molecule has 6 heteroatoms. The highest BCUT2D eigenvalue weighted by molar-refractivity contribution is 5.42. The van der Waals surface area contributed by atoms with Crippen molar-refractivity contribution in [2.24, 2.45) is 0 Å². The fourth-order valence-corrected chi connectivity index (χ4v) is 2.27. The first-order valence-electron chi connectivity index (χ1n) is 7.16. The normalized spacial score (nSPS) is 12.3. The zero-order valence-corrected chi connectivity index (χ0v) is 13.7. The molecule has 1 N–H and O–H groups in total. The smallest absolute Gasteiger partial charge is 0.226 e. The molecule has 114 valence electrons. The summed E-state index contributed by atoms with van der Waals surface area (Å²) in [6.45, 7) is 8.99. The molecule has 21 heavy (non-hydrogen) atoms. The number of anilines is 2. The predicted octanol–water partition coefficient (Wildman–Crippen LogP) is 2.34. The first kappa shape index (κ1) is 15.3. The van der Waals surface area contributed by atoms with Crippen LogP contribution in [-0.4, -0.2) is 40.4 Å². The molecule has 0 bridgehead atoms. The second kappa shape index (κ2) is 6.11. The Labute approximate surface area is 126 Å². The molecule has 0 saturated heterocycles. The maximum absolute atomic E-state index is 4.52. The van der Waals surface area contributed by atoms with E-state index in [-0.39, 0.29) is 6.04 Å². The van der Waals surface area contributed by atoms with E-state index in [4.69, 9.17) is 0 Å². The van der Waals surface area contributed by atoms with Crippen LogP contribution in [-0.2, 0) is 0 Å². The molecular weight excluding hydrogens is 264 g/mol. The van der Waals surface area contributed by atoms with Crippen molar-refractivity contribution in [3.05, 3.63) is 29.2 Å². The zero-order valence-electron chi connectivity index (χ0n) is 13.7. The van der Waals surface area contributed by atoms with Crippen molar-refractivity contribution >= 4 is 11.8 Å². The largest absolute Gasteiger partial charge is 0.368 e. The van der Waals surface area contributed by atoms with Crippen LogP contribution in [0.25, 0.3) is 0 Å². The summed E-state index contributed by atoms with van der Waals surface area (Å²) >= 11 is 0. The van der Waals surface area contributed by atoms with Gasteiger partial charge in [-0.25, -0.2) is 4.98 Å². The Kier molecular flexibility index (Phi) is 4.45. The quantitative estimate of drug-likeness (QED) is 0.915. The third-order valence-corrected chi connectivity index (χ3v) is 3.28. The van der Waals surface area contributed by atoms with Crippen LogP contribution in [0.5, 0.6) is 0 Å². The lowest BCUT2D eigenvalue weighted by atomic mass is 10.3. The van der Waals surface area contributed by atoms with Gasteiger partial charge in [-0.05, 0) is 33.8 Å². The van der Waals surface area contributed by atoms with Gasteiger partial charge in [0, 0.05) is 38.1 Å². The standard InChI is InChI=1S/C15H24N6/c1-10-8-14(18-15(17-10)20(5)6)16-9-13(4)21-12(3)7-11(2)19-21/h7-8,13H,9H2,1-6H3,(H,16,17,18)/t13-/m1/s1. The van der Waals surface area contributed by atoms with Crippen LogP contribution in [0.3, 0.4) is 0 Å². The molecule has 2 heterocycles. The number of aromatic nitrogens is 4. The van der Waals surface area contributed by atoms with E-state index in [0.717, 1.165) is 29.7 Å². The molecule has 1 atom stereocenters. The van der Waals surface area contributed by atoms with E-state index in [1.54, 1.807) is 0 Å². The fourth-order valence-electron chi connectivity index (χ4n) is 2.27. The van der Waals surface area contributed by atoms with Gasteiger partial charge < -0.3 is 10.2 Å². The lowest BCUT2D eigenvalue weighted by Gasteiger charge is -2.17. The highest BCUT2D eigenvalue weighted by Crippen LogP contribution is 2.14. The van der Waals surface area contributed by atoms with E-state index in [2.05, 4.69) is 40.3 Å². The van der Waals surface area contributed by atoms with Crippen LogP contribution < -0.4 is 10.2 Å². The van der Waals surface area contributed by atoms with E-state index in [1.807, 2.05) is 43.6 Å². The van der Waals surface area contributed by atoms with E-state index in [1.165, 1.54) is 5.69 Å². The maximum atomic E-state index is 4.52. The summed E-state index contributed by atoms with van der Waals surface area (Å²) in [6.07, 6.45) is 0. The van der Waals surface area contributed by atoms with Crippen molar-refractivity contribution in [2.45, 2.75) is 33.7 Å². The van der Waals surface area contributed by atoms with Crippen LogP contribution in [0.2, 0.25) is 0 Å². The molecule has 0 unspecified atom stereocenters. The van der Waals surface area contributed by atoms with Gasteiger partial charge in [0.1, 0.15) is 5.82 Å². The number of hydrogen-bond acceptors (Lipinski definition) is 5. The molecule has 2 rings (SSSR count). The number of nitrogens with zero attached hydrogens (tertiary/aromatic N) is 5. The van der Waals surface area contributed by atoms with Crippen LogP contribution in [0, 0.1) is 20.8 Å². The summed E-state index contributed by atoms with van der Waals surface area (Å²) in [5.74, 6) is 1.57. The van der Waals surface area contributed by atoms with Gasteiger partial charge in [0.05, 0.1) is 11.7 Å². The molecule has 0 spiro atoms. The van der Waals surface area contributed by atoms with E-state index >= 15 is 0 Å². The van der Waals surface area contributed by atoms with Gasteiger partial charge in [0.25, 0.3) is 0 Å². The Morgan fingerprint density at radius 3 is 2.43 bits per heavy atom. The summed E-state index contributed by atoms with van der Waals surface area (Å²) in [4.78, 5) is 10.8. The maximum Gasteiger partial charge on any atom is 0.226 e. The van der Waals surface area contributed by atoms with Gasteiger partial charge in [-0.2, -0.15) is 10.1 Å². The summed E-state index contributed by atoms with van der Waals surface area (Å²) in [5, 5.41) is 7.90. The minimum Gasteiger partial charge on any atom is -0.368 e. The minimum atomic E-state index is 0.261. The number of aryl methyl sites for hydroxylation is 3.